The Balaban J connectivity index is 1.91. The molecule has 8 nitrogen and oxygen atoms in total. The van der Waals surface area contributed by atoms with Gasteiger partial charge in [-0.25, -0.2) is 9.79 Å². The van der Waals surface area contributed by atoms with Crippen molar-refractivity contribution in [1.29, 1.82) is 0 Å². The van der Waals surface area contributed by atoms with Crippen molar-refractivity contribution in [1.82, 2.24) is 10.3 Å². The number of alkyl carbamates (subject to hydrolysis) is 1. The number of hydrogen-bond donors (Lipinski definition) is 4. The fraction of sp³-hybridized carbons (Fsp3) is 0.200. The highest BCUT2D eigenvalue weighted by atomic mass is 16.6. The number of ether oxygens (including phenoxy) is 1. The predicted molar refractivity (Wildman–Crippen MR) is 149 cm³/mol. The minimum atomic E-state index is -0.609. The summed E-state index contributed by atoms with van der Waals surface area (Å²) in [6.07, 6.45) is 6.86. The number of amidine groups is 1. The van der Waals surface area contributed by atoms with Gasteiger partial charge in [-0.2, -0.15) is 0 Å². The maximum absolute atomic E-state index is 12.0. The number of carbonyl (C=O) groups excluding carboxylic acids is 2. The first kappa shape index (κ1) is 27.7. The summed E-state index contributed by atoms with van der Waals surface area (Å²) < 4.78 is 5.27. The monoisotopic (exact) mass is 510 g/mol. The highest BCUT2D eigenvalue weighted by molar-refractivity contribution is 6.03. The number of allylic oxidation sites excluding steroid dienone is 1. The van der Waals surface area contributed by atoms with Gasteiger partial charge in [0.25, 0.3) is 11.7 Å². The predicted octanol–water partition coefficient (Wildman–Crippen LogP) is 3.41. The Hall–Kier alpha value is -4.90. The molecule has 194 valence electrons. The molecule has 3 rings (SSSR count). The number of benzene rings is 2. The van der Waals surface area contributed by atoms with Crippen molar-refractivity contribution in [3.63, 3.8) is 0 Å². The minimum absolute atomic E-state index is 0.293. The number of nitrogens with two attached hydrogens (primary N) is 1. The number of aromatic nitrogens is 1. The zero-order chi connectivity index (χ0) is 27.7. The molecule has 2 aromatic carbocycles. The fourth-order valence-corrected chi connectivity index (χ4v) is 3.54. The third-order valence-corrected chi connectivity index (χ3v) is 5.05. The molecule has 0 atom stereocenters. The Bertz CT molecular complexity index is 1400. The van der Waals surface area contributed by atoms with E-state index in [0.29, 0.717) is 29.5 Å². The largest absolute Gasteiger partial charge is 0.444 e. The summed E-state index contributed by atoms with van der Waals surface area (Å²) in [5, 5.41) is 5.28. The van der Waals surface area contributed by atoms with E-state index in [1.807, 2.05) is 48.4 Å². The van der Waals surface area contributed by atoms with E-state index in [4.69, 9.17) is 21.9 Å². The lowest BCUT2D eigenvalue weighted by Crippen LogP contribution is -2.69. The van der Waals surface area contributed by atoms with Gasteiger partial charge in [0.15, 0.2) is 0 Å². The van der Waals surface area contributed by atoms with Crippen molar-refractivity contribution in [3.8, 4) is 23.6 Å². The van der Waals surface area contributed by atoms with Crippen LogP contribution in [0.3, 0.4) is 0 Å². The van der Waals surface area contributed by atoms with E-state index in [9.17, 15) is 9.59 Å². The third-order valence-electron chi connectivity index (χ3n) is 5.05. The van der Waals surface area contributed by atoms with Gasteiger partial charge in [-0.05, 0) is 81.5 Å². The van der Waals surface area contributed by atoms with E-state index in [1.54, 1.807) is 45.9 Å². The Labute approximate surface area is 223 Å². The summed E-state index contributed by atoms with van der Waals surface area (Å²) in [5.74, 6) is 2.35. The number of terminal acetylenes is 1. The number of amides is 2. The molecular weight excluding hydrogens is 478 g/mol. The molecular formula is C30H32N5O3+. The van der Waals surface area contributed by atoms with Gasteiger partial charge in [-0.1, -0.05) is 30.3 Å². The zero-order valence-electron chi connectivity index (χ0n) is 22.0. The van der Waals surface area contributed by atoms with E-state index in [-0.39, 0.29) is 0 Å². The van der Waals surface area contributed by atoms with Gasteiger partial charge in [-0.3, -0.25) is 10.1 Å². The van der Waals surface area contributed by atoms with Crippen LogP contribution in [0.2, 0.25) is 0 Å². The molecule has 0 radical (unpaired) electrons. The van der Waals surface area contributed by atoms with Gasteiger partial charge in [0.2, 0.25) is 5.84 Å². The number of nitrogens with zero attached hydrogens (tertiary/aromatic N) is 1. The van der Waals surface area contributed by atoms with E-state index in [2.05, 4.69) is 27.8 Å². The number of rotatable bonds is 7. The molecule has 0 spiro atoms. The van der Waals surface area contributed by atoms with Gasteiger partial charge >= 0.3 is 6.09 Å². The maximum Gasteiger partial charge on any atom is 0.411 e. The Morgan fingerprint density at radius 2 is 1.76 bits per heavy atom. The molecule has 2 amide bonds. The van der Waals surface area contributed by atoms with Crippen LogP contribution < -0.4 is 21.4 Å². The van der Waals surface area contributed by atoms with Crippen LogP contribution in [0.5, 0.6) is 0 Å². The Morgan fingerprint density at radius 1 is 1.08 bits per heavy atom. The molecule has 3 aromatic rings. The van der Waals surface area contributed by atoms with Gasteiger partial charge in [0.05, 0.1) is 0 Å². The number of nitrogens with one attached hydrogen (secondary N) is 3. The summed E-state index contributed by atoms with van der Waals surface area (Å²) in [7, 11) is 0. The lowest BCUT2D eigenvalue weighted by molar-refractivity contribution is -0.358. The second kappa shape index (κ2) is 12.4. The third kappa shape index (κ3) is 8.95. The molecule has 0 fully saturated rings. The summed E-state index contributed by atoms with van der Waals surface area (Å²) in [4.78, 5) is 31.4. The minimum Gasteiger partial charge on any atom is -0.444 e. The summed E-state index contributed by atoms with van der Waals surface area (Å²) in [6.45, 7) is 7.09. The van der Waals surface area contributed by atoms with Crippen LogP contribution in [-0.4, -0.2) is 28.4 Å². The highest BCUT2D eigenvalue weighted by Crippen LogP contribution is 2.23. The van der Waals surface area contributed by atoms with Crippen LogP contribution in [-0.2, 0) is 16.0 Å². The zero-order valence-corrected chi connectivity index (χ0v) is 22.0. The standard InChI is InChI=1S/C30H31N5O3/c1-6-28(36)33-24-14-12-23(13-15-24)25-18-22(17-21-10-8-7-9-11-21)19-27(34-25)35-26(31)16-20(2)32-29(37)38-30(3,4)5/h1,7-16,18-19H,17H2,2-5H3,(H,32,37)(H,33,36)(H2,31,34,35)/p+1/b20-16-. The summed E-state index contributed by atoms with van der Waals surface area (Å²) >= 11 is 0. The maximum atomic E-state index is 12.0. The fourth-order valence-electron chi connectivity index (χ4n) is 3.54. The first-order valence-corrected chi connectivity index (χ1v) is 12.0. The van der Waals surface area contributed by atoms with Crippen molar-refractivity contribution in [2.75, 3.05) is 5.32 Å². The average molecular weight is 511 g/mol. The van der Waals surface area contributed by atoms with Crippen LogP contribution in [0.1, 0.15) is 38.8 Å². The van der Waals surface area contributed by atoms with Gasteiger partial charge in [-0.15, -0.1) is 11.4 Å². The van der Waals surface area contributed by atoms with Gasteiger partial charge in [0.1, 0.15) is 11.3 Å². The molecule has 0 bridgehead atoms. The average Bonchev–Trinajstić information content (AvgIpc) is 2.83. The molecule has 0 aliphatic carbocycles. The number of carbonyl (C=O) groups is 2. The number of anilines is 1. The number of hydrogen-bond acceptors (Lipinski definition) is 4. The lowest BCUT2D eigenvalue weighted by atomic mass is 10.0. The smallest absolute Gasteiger partial charge is 0.411 e. The molecule has 0 unspecified atom stereocenters. The van der Waals surface area contributed by atoms with Gasteiger partial charge < -0.3 is 15.8 Å². The molecule has 0 saturated heterocycles. The van der Waals surface area contributed by atoms with Crippen molar-refractivity contribution < 1.29 is 19.3 Å². The number of pyridine rings is 1. The molecule has 1 aromatic heterocycles. The van der Waals surface area contributed by atoms with Crippen molar-refractivity contribution in [2.24, 2.45) is 5.73 Å². The molecule has 5 N–H and O–H groups in total. The second-order valence-electron chi connectivity index (χ2n) is 9.62. The molecule has 0 saturated carbocycles. The topological polar surface area (TPSA) is 120 Å². The van der Waals surface area contributed by atoms with Crippen LogP contribution >= 0.6 is 0 Å². The second-order valence-corrected chi connectivity index (χ2v) is 9.62. The molecule has 0 aliphatic heterocycles. The molecule has 0 aliphatic rings. The van der Waals surface area contributed by atoms with Crippen molar-refractivity contribution >= 4 is 29.3 Å². The first-order chi connectivity index (χ1) is 18.0. The van der Waals surface area contributed by atoms with Crippen LogP contribution in [0, 0.1) is 12.3 Å². The SMILES string of the molecule is C#CC(=O)Nc1ccc(-c2cc(Cc3ccccc3)cc(/[NH+]=C(N)\C=C(\C)NC(=O)OC(C)(C)C)n2)cc1. The molecule has 8 heteroatoms. The summed E-state index contributed by atoms with van der Waals surface area (Å²) in [6, 6.07) is 21.3. The first-order valence-electron chi connectivity index (χ1n) is 12.0. The quantitative estimate of drug-likeness (QED) is 0.221. The Kier molecular flexibility index (Phi) is 9.01. The van der Waals surface area contributed by atoms with Crippen LogP contribution in [0.15, 0.2) is 78.5 Å². The van der Waals surface area contributed by atoms with E-state index in [1.165, 1.54) is 0 Å². The van der Waals surface area contributed by atoms with Crippen LogP contribution in [0.4, 0.5) is 16.3 Å². The van der Waals surface area contributed by atoms with E-state index < -0.39 is 17.6 Å². The molecule has 38 heavy (non-hydrogen) atoms. The van der Waals surface area contributed by atoms with Crippen molar-refractivity contribution in [3.05, 3.63) is 89.6 Å². The van der Waals surface area contributed by atoms with Crippen molar-refractivity contribution in [2.45, 2.75) is 39.7 Å². The van der Waals surface area contributed by atoms with E-state index in [0.717, 1.165) is 22.4 Å². The molecule has 1 heterocycles. The Morgan fingerprint density at radius 3 is 2.39 bits per heavy atom. The lowest BCUT2D eigenvalue weighted by Gasteiger charge is -2.19. The van der Waals surface area contributed by atoms with E-state index >= 15 is 0 Å². The van der Waals surface area contributed by atoms with Gasteiger partial charge in [0, 0.05) is 29.1 Å². The van der Waals surface area contributed by atoms with Crippen LogP contribution in [0.25, 0.3) is 11.3 Å². The highest BCUT2D eigenvalue weighted by Gasteiger charge is 2.16. The normalized spacial score (nSPS) is 11.9. The summed E-state index contributed by atoms with van der Waals surface area (Å²) in [5.41, 5.74) is 10.4.